The monoisotopic (exact) mass is 312 g/mol. The van der Waals surface area contributed by atoms with Gasteiger partial charge in [0.1, 0.15) is 5.82 Å². The van der Waals surface area contributed by atoms with Gasteiger partial charge in [0.25, 0.3) is 0 Å². The third-order valence-corrected chi connectivity index (χ3v) is 5.33. The van der Waals surface area contributed by atoms with Crippen LogP contribution < -0.4 is 5.32 Å². The lowest BCUT2D eigenvalue weighted by molar-refractivity contribution is 0.0162. The van der Waals surface area contributed by atoms with Crippen molar-refractivity contribution in [1.82, 2.24) is 10.2 Å². The average Bonchev–Trinajstić information content (AvgIpc) is 2.44. The molecular weight excluding hydrogens is 287 g/mol. The van der Waals surface area contributed by atoms with Gasteiger partial charge in [-0.25, -0.2) is 4.39 Å². The Kier molecular flexibility index (Phi) is 4.96. The molecule has 0 aromatic heterocycles. The lowest BCUT2D eigenvalue weighted by atomic mass is 9.84. The molecule has 0 spiro atoms. The van der Waals surface area contributed by atoms with Crippen LogP contribution >= 0.6 is 11.6 Å². The molecule has 0 atom stereocenters. The van der Waals surface area contributed by atoms with Crippen molar-refractivity contribution in [2.75, 3.05) is 13.1 Å². The highest BCUT2D eigenvalue weighted by molar-refractivity contribution is 6.31. The largest absolute Gasteiger partial charge is 0.308 e. The van der Waals surface area contributed by atoms with Crippen LogP contribution in [0, 0.1) is 5.82 Å². The summed E-state index contributed by atoms with van der Waals surface area (Å²) < 4.78 is 13.2. The fourth-order valence-corrected chi connectivity index (χ4v) is 3.23. The van der Waals surface area contributed by atoms with Gasteiger partial charge in [-0.1, -0.05) is 31.5 Å². The van der Waals surface area contributed by atoms with E-state index in [1.165, 1.54) is 12.1 Å². The molecule has 0 saturated carbocycles. The van der Waals surface area contributed by atoms with Crippen LogP contribution in [0.15, 0.2) is 18.2 Å². The molecule has 1 aliphatic heterocycles. The predicted octanol–water partition coefficient (Wildman–Crippen LogP) is 4.22. The van der Waals surface area contributed by atoms with Crippen molar-refractivity contribution in [2.24, 2.45) is 0 Å². The number of piperazine rings is 1. The van der Waals surface area contributed by atoms with E-state index in [9.17, 15) is 4.39 Å². The van der Waals surface area contributed by atoms with Gasteiger partial charge in [0, 0.05) is 35.7 Å². The summed E-state index contributed by atoms with van der Waals surface area (Å²) in [4.78, 5) is 2.47. The second-order valence-electron chi connectivity index (χ2n) is 6.75. The lowest BCUT2D eigenvalue weighted by Crippen LogP contribution is -2.67. The van der Waals surface area contributed by atoms with Crippen LogP contribution in [0.25, 0.3) is 0 Å². The zero-order valence-electron chi connectivity index (χ0n) is 13.5. The minimum absolute atomic E-state index is 0.0611. The summed E-state index contributed by atoms with van der Waals surface area (Å²) in [5.74, 6) is -0.278. The molecule has 2 nitrogen and oxygen atoms in total. The summed E-state index contributed by atoms with van der Waals surface area (Å²) in [6.45, 7) is 11.7. The van der Waals surface area contributed by atoms with Crippen LogP contribution in [0.2, 0.25) is 5.02 Å². The van der Waals surface area contributed by atoms with Crippen molar-refractivity contribution in [3.05, 3.63) is 34.6 Å². The molecule has 0 unspecified atom stereocenters. The minimum atomic E-state index is -0.278. The first-order valence-corrected chi connectivity index (χ1v) is 8.14. The molecule has 1 heterocycles. The Hall–Kier alpha value is -0.640. The number of halogens is 2. The standard InChI is InChI=1S/C17H26ClFN2/c1-5-17(6-2)12-21(16(3,4)11-20-17)10-13-7-8-14(19)9-15(13)18/h7-9,20H,5-6,10-12H2,1-4H3. The van der Waals surface area contributed by atoms with Crippen LogP contribution in [0.1, 0.15) is 46.1 Å². The Morgan fingerprint density at radius 2 is 1.95 bits per heavy atom. The zero-order valence-corrected chi connectivity index (χ0v) is 14.2. The molecule has 0 aliphatic carbocycles. The number of nitrogens with zero attached hydrogens (tertiary/aromatic N) is 1. The van der Waals surface area contributed by atoms with Crippen molar-refractivity contribution in [1.29, 1.82) is 0 Å². The SMILES string of the molecule is CCC1(CC)CN(Cc2ccc(F)cc2Cl)C(C)(C)CN1. The maximum atomic E-state index is 13.2. The summed E-state index contributed by atoms with van der Waals surface area (Å²) in [7, 11) is 0. The Bertz CT molecular complexity index is 498. The predicted molar refractivity (Wildman–Crippen MR) is 87.2 cm³/mol. The van der Waals surface area contributed by atoms with E-state index in [1.54, 1.807) is 6.07 Å². The third-order valence-electron chi connectivity index (χ3n) is 4.98. The minimum Gasteiger partial charge on any atom is -0.308 e. The fraction of sp³-hybridized carbons (Fsp3) is 0.647. The number of rotatable bonds is 4. The maximum Gasteiger partial charge on any atom is 0.124 e. The first-order chi connectivity index (χ1) is 9.82. The van der Waals surface area contributed by atoms with Crippen LogP contribution in [0.4, 0.5) is 4.39 Å². The smallest absolute Gasteiger partial charge is 0.124 e. The molecule has 2 rings (SSSR count). The molecule has 1 fully saturated rings. The topological polar surface area (TPSA) is 15.3 Å². The van der Waals surface area contributed by atoms with Crippen molar-refractivity contribution in [2.45, 2.75) is 58.2 Å². The summed E-state index contributed by atoms with van der Waals surface area (Å²) in [6.07, 6.45) is 2.21. The first-order valence-electron chi connectivity index (χ1n) is 7.76. The summed E-state index contributed by atoms with van der Waals surface area (Å²) in [5.41, 5.74) is 1.22. The van der Waals surface area contributed by atoms with Crippen LogP contribution in [-0.4, -0.2) is 29.1 Å². The Morgan fingerprint density at radius 1 is 1.29 bits per heavy atom. The van der Waals surface area contributed by atoms with E-state index in [0.717, 1.165) is 38.0 Å². The third kappa shape index (κ3) is 3.58. The highest BCUT2D eigenvalue weighted by Crippen LogP contribution is 2.31. The Balaban J connectivity index is 2.22. The number of nitrogens with one attached hydrogen (secondary N) is 1. The Morgan fingerprint density at radius 3 is 2.52 bits per heavy atom. The van der Waals surface area contributed by atoms with Gasteiger partial charge in [-0.15, -0.1) is 0 Å². The molecular formula is C17H26ClFN2. The van der Waals surface area contributed by atoms with Gasteiger partial charge >= 0.3 is 0 Å². The number of hydrogen-bond donors (Lipinski definition) is 1. The van der Waals surface area contributed by atoms with E-state index >= 15 is 0 Å². The van der Waals surface area contributed by atoms with E-state index in [-0.39, 0.29) is 16.9 Å². The maximum absolute atomic E-state index is 13.2. The average molecular weight is 313 g/mol. The summed E-state index contributed by atoms with van der Waals surface area (Å²) >= 11 is 6.20. The van der Waals surface area contributed by atoms with E-state index in [4.69, 9.17) is 11.6 Å². The van der Waals surface area contributed by atoms with Crippen LogP contribution in [0.3, 0.4) is 0 Å². The Labute approximate surface area is 132 Å². The molecule has 0 bridgehead atoms. The molecule has 4 heteroatoms. The van der Waals surface area contributed by atoms with Crippen molar-refractivity contribution < 1.29 is 4.39 Å². The van der Waals surface area contributed by atoms with E-state index < -0.39 is 0 Å². The molecule has 1 aromatic rings. The highest BCUT2D eigenvalue weighted by Gasteiger charge is 2.40. The lowest BCUT2D eigenvalue weighted by Gasteiger charge is -2.52. The van der Waals surface area contributed by atoms with Crippen LogP contribution in [-0.2, 0) is 6.54 Å². The van der Waals surface area contributed by atoms with Crippen molar-refractivity contribution in [3.63, 3.8) is 0 Å². The molecule has 1 N–H and O–H groups in total. The van der Waals surface area contributed by atoms with E-state index in [2.05, 4.69) is 37.9 Å². The quantitative estimate of drug-likeness (QED) is 0.895. The highest BCUT2D eigenvalue weighted by atomic mass is 35.5. The van der Waals surface area contributed by atoms with E-state index in [0.29, 0.717) is 5.02 Å². The van der Waals surface area contributed by atoms with Gasteiger partial charge < -0.3 is 5.32 Å². The number of hydrogen-bond acceptors (Lipinski definition) is 2. The molecule has 1 saturated heterocycles. The number of benzene rings is 1. The molecule has 21 heavy (non-hydrogen) atoms. The molecule has 0 amide bonds. The second-order valence-corrected chi connectivity index (χ2v) is 7.15. The first kappa shape index (κ1) is 16.7. The zero-order chi connectivity index (χ0) is 15.7. The second kappa shape index (κ2) is 6.23. The molecule has 118 valence electrons. The summed E-state index contributed by atoms with van der Waals surface area (Å²) in [5, 5.41) is 4.24. The molecule has 1 aliphatic rings. The van der Waals surface area contributed by atoms with Gasteiger partial charge in [0.05, 0.1) is 0 Å². The van der Waals surface area contributed by atoms with Gasteiger partial charge in [-0.3, -0.25) is 4.90 Å². The van der Waals surface area contributed by atoms with Crippen molar-refractivity contribution in [3.8, 4) is 0 Å². The van der Waals surface area contributed by atoms with Gasteiger partial charge in [0.2, 0.25) is 0 Å². The normalized spacial score (nSPS) is 21.4. The van der Waals surface area contributed by atoms with Gasteiger partial charge in [-0.2, -0.15) is 0 Å². The van der Waals surface area contributed by atoms with Crippen molar-refractivity contribution >= 4 is 11.6 Å². The van der Waals surface area contributed by atoms with Gasteiger partial charge in [-0.05, 0) is 44.4 Å². The summed E-state index contributed by atoms with van der Waals surface area (Å²) in [6, 6.07) is 4.69. The van der Waals surface area contributed by atoms with Gasteiger partial charge in [0.15, 0.2) is 0 Å². The molecule has 0 radical (unpaired) electrons. The van der Waals surface area contributed by atoms with Crippen LogP contribution in [0.5, 0.6) is 0 Å². The molecule has 1 aromatic carbocycles. The van der Waals surface area contributed by atoms with E-state index in [1.807, 2.05) is 0 Å². The fourth-order valence-electron chi connectivity index (χ4n) is 3.00.